The zero-order chi connectivity index (χ0) is 19.3. The van der Waals surface area contributed by atoms with Gasteiger partial charge in [0.2, 0.25) is 5.91 Å². The molecule has 5 rings (SSSR count). The van der Waals surface area contributed by atoms with Gasteiger partial charge in [0.15, 0.2) is 0 Å². The molecule has 0 radical (unpaired) electrons. The molecule has 1 aromatic carbocycles. The summed E-state index contributed by atoms with van der Waals surface area (Å²) in [5.74, 6) is 0.0346. The van der Waals surface area contributed by atoms with Crippen molar-refractivity contribution in [2.45, 2.75) is 38.6 Å². The van der Waals surface area contributed by atoms with Crippen molar-refractivity contribution in [2.24, 2.45) is 5.41 Å². The molecule has 146 valence electrons. The molecule has 8 heteroatoms. The Balaban J connectivity index is 1.25. The average molecular weight is 383 g/mol. The molecule has 1 aliphatic carbocycles. The van der Waals surface area contributed by atoms with E-state index in [1.54, 1.807) is 19.1 Å². The van der Waals surface area contributed by atoms with E-state index in [2.05, 4.69) is 20.5 Å². The second-order valence-corrected chi connectivity index (χ2v) is 8.02. The number of fused-ring (bicyclic) bond motifs is 1. The number of amides is 1. The van der Waals surface area contributed by atoms with Gasteiger partial charge >= 0.3 is 6.01 Å². The smallest absolute Gasteiger partial charge is 0.316 e. The minimum atomic E-state index is -0.446. The zero-order valence-corrected chi connectivity index (χ0v) is 15.7. The van der Waals surface area contributed by atoms with Crippen molar-refractivity contribution >= 4 is 22.8 Å². The molecule has 1 saturated heterocycles. The fourth-order valence-corrected chi connectivity index (χ4v) is 4.01. The van der Waals surface area contributed by atoms with Gasteiger partial charge in [-0.3, -0.25) is 4.79 Å². The van der Waals surface area contributed by atoms with E-state index < -0.39 is 6.04 Å². The van der Waals surface area contributed by atoms with Crippen molar-refractivity contribution in [2.75, 3.05) is 18.4 Å². The van der Waals surface area contributed by atoms with Crippen molar-refractivity contribution in [3.05, 3.63) is 30.1 Å². The summed E-state index contributed by atoms with van der Waals surface area (Å²) in [5, 5.41) is 11.7. The number of carbonyl (C=O) groups excluding carboxylic acids is 1. The molecule has 1 atom stereocenters. The third-order valence-corrected chi connectivity index (χ3v) is 6.04. The number of hydrogen-bond acceptors (Lipinski definition) is 5. The number of likely N-dealkylation sites (tertiary alicyclic amines) is 1. The molecule has 2 aliphatic rings. The number of nitrogens with zero attached hydrogens (tertiary/aromatic N) is 3. The van der Waals surface area contributed by atoms with Gasteiger partial charge in [-0.1, -0.05) is 5.10 Å². The normalized spacial score (nSPS) is 19.1. The van der Waals surface area contributed by atoms with E-state index in [0.717, 1.165) is 36.8 Å². The first-order chi connectivity index (χ1) is 13.5. The van der Waals surface area contributed by atoms with Gasteiger partial charge in [0.25, 0.3) is 5.89 Å². The van der Waals surface area contributed by atoms with Gasteiger partial charge in [0, 0.05) is 24.0 Å². The zero-order valence-electron chi connectivity index (χ0n) is 15.7. The highest BCUT2D eigenvalue weighted by Crippen LogP contribution is 2.53. The van der Waals surface area contributed by atoms with Crippen LogP contribution in [-0.2, 0) is 4.79 Å². The van der Waals surface area contributed by atoms with E-state index in [9.17, 15) is 9.18 Å². The lowest BCUT2D eigenvalue weighted by molar-refractivity contribution is -0.133. The van der Waals surface area contributed by atoms with Crippen LogP contribution in [0, 0.1) is 11.2 Å². The molecular formula is C20H22FN5O2. The van der Waals surface area contributed by atoms with Gasteiger partial charge in [0.05, 0.1) is 0 Å². The number of piperidine rings is 1. The Morgan fingerprint density at radius 2 is 2.04 bits per heavy atom. The van der Waals surface area contributed by atoms with Crippen LogP contribution in [0.4, 0.5) is 10.4 Å². The molecule has 2 fully saturated rings. The van der Waals surface area contributed by atoms with Gasteiger partial charge in [-0.15, -0.1) is 5.10 Å². The summed E-state index contributed by atoms with van der Waals surface area (Å²) in [6.45, 7) is 3.45. The summed E-state index contributed by atoms with van der Waals surface area (Å²) in [6, 6.07) is 5.99. The Morgan fingerprint density at radius 3 is 2.79 bits per heavy atom. The van der Waals surface area contributed by atoms with E-state index in [0.29, 0.717) is 11.1 Å². The molecule has 1 amide bonds. The molecule has 2 N–H and O–H groups in total. The van der Waals surface area contributed by atoms with Crippen LogP contribution in [0.15, 0.2) is 28.7 Å². The standard InChI is InChI=1S/C20H22FN5O2/c1-12(18(27)26-8-6-20(4-5-20)7-9-26)22-19-25-24-17(28-19)16-11-13-10-14(21)2-3-15(13)23-16/h2-3,10-12,23H,4-9H2,1H3,(H,22,25)/t12-/m1/s1. The molecular weight excluding hydrogens is 361 g/mol. The van der Waals surface area contributed by atoms with Gasteiger partial charge in [-0.25, -0.2) is 4.39 Å². The molecule has 1 spiro atoms. The Morgan fingerprint density at radius 1 is 1.25 bits per heavy atom. The van der Waals surface area contributed by atoms with Crippen LogP contribution < -0.4 is 5.32 Å². The average Bonchev–Trinajstić information content (AvgIpc) is 3.10. The fourth-order valence-electron chi connectivity index (χ4n) is 4.01. The number of carbonyl (C=O) groups is 1. The summed E-state index contributed by atoms with van der Waals surface area (Å²) in [6.07, 6.45) is 4.84. The van der Waals surface area contributed by atoms with E-state index >= 15 is 0 Å². The lowest BCUT2D eigenvalue weighted by Gasteiger charge is -2.33. The van der Waals surface area contributed by atoms with Gasteiger partial charge in [0.1, 0.15) is 17.6 Å². The Bertz CT molecular complexity index is 1030. The number of aromatic amines is 1. The number of benzene rings is 1. The minimum absolute atomic E-state index is 0.0522. The second kappa shape index (κ2) is 6.32. The summed E-state index contributed by atoms with van der Waals surface area (Å²) in [7, 11) is 0. The van der Waals surface area contributed by atoms with Crippen LogP contribution in [0.2, 0.25) is 0 Å². The van der Waals surface area contributed by atoms with Crippen LogP contribution in [0.25, 0.3) is 22.5 Å². The molecule has 1 saturated carbocycles. The van der Waals surface area contributed by atoms with E-state index in [1.807, 2.05) is 4.90 Å². The molecule has 0 unspecified atom stereocenters. The SMILES string of the molecule is C[C@@H](Nc1nnc(-c2cc3cc(F)ccc3[nH]2)o1)C(=O)N1CCC2(CC1)CC2. The molecule has 7 nitrogen and oxygen atoms in total. The van der Waals surface area contributed by atoms with E-state index in [1.165, 1.54) is 25.0 Å². The Labute approximate surface area is 161 Å². The summed E-state index contributed by atoms with van der Waals surface area (Å²) < 4.78 is 19.0. The maximum absolute atomic E-state index is 13.4. The summed E-state index contributed by atoms with van der Waals surface area (Å²) in [4.78, 5) is 17.7. The van der Waals surface area contributed by atoms with E-state index in [-0.39, 0.29) is 23.6 Å². The molecule has 0 bridgehead atoms. The lowest BCUT2D eigenvalue weighted by Crippen LogP contribution is -2.45. The highest BCUT2D eigenvalue weighted by atomic mass is 19.1. The van der Waals surface area contributed by atoms with Crippen molar-refractivity contribution in [3.8, 4) is 11.6 Å². The van der Waals surface area contributed by atoms with Gasteiger partial charge in [-0.2, -0.15) is 0 Å². The minimum Gasteiger partial charge on any atom is -0.402 e. The quantitative estimate of drug-likeness (QED) is 0.719. The first-order valence-electron chi connectivity index (χ1n) is 9.69. The summed E-state index contributed by atoms with van der Waals surface area (Å²) in [5.41, 5.74) is 1.93. The number of aromatic nitrogens is 3. The highest BCUT2D eigenvalue weighted by molar-refractivity contribution is 5.85. The van der Waals surface area contributed by atoms with Crippen molar-refractivity contribution < 1.29 is 13.6 Å². The number of nitrogens with one attached hydrogen (secondary N) is 2. The first kappa shape index (κ1) is 17.2. The predicted octanol–water partition coefficient (Wildman–Crippen LogP) is 3.56. The number of halogens is 1. The second-order valence-electron chi connectivity index (χ2n) is 8.02. The number of hydrogen-bond donors (Lipinski definition) is 2. The first-order valence-corrected chi connectivity index (χ1v) is 9.69. The van der Waals surface area contributed by atoms with Crippen LogP contribution in [0.1, 0.15) is 32.6 Å². The maximum atomic E-state index is 13.4. The number of H-pyrrole nitrogens is 1. The Kier molecular flexibility index (Phi) is 3.89. The maximum Gasteiger partial charge on any atom is 0.316 e. The molecule has 3 aromatic rings. The van der Waals surface area contributed by atoms with Crippen LogP contribution in [-0.4, -0.2) is 45.1 Å². The van der Waals surface area contributed by atoms with Crippen molar-refractivity contribution in [3.63, 3.8) is 0 Å². The third kappa shape index (κ3) is 3.12. The van der Waals surface area contributed by atoms with Gasteiger partial charge in [-0.05, 0) is 62.3 Å². The molecule has 3 heterocycles. The summed E-state index contributed by atoms with van der Waals surface area (Å²) >= 11 is 0. The highest BCUT2D eigenvalue weighted by Gasteiger charge is 2.45. The van der Waals surface area contributed by atoms with Crippen molar-refractivity contribution in [1.29, 1.82) is 0 Å². The molecule has 28 heavy (non-hydrogen) atoms. The molecule has 2 aromatic heterocycles. The largest absolute Gasteiger partial charge is 0.402 e. The van der Waals surface area contributed by atoms with Crippen molar-refractivity contribution in [1.82, 2.24) is 20.1 Å². The Hall–Kier alpha value is -2.90. The van der Waals surface area contributed by atoms with Crippen LogP contribution >= 0.6 is 0 Å². The number of rotatable bonds is 4. The predicted molar refractivity (Wildman–Crippen MR) is 102 cm³/mol. The number of anilines is 1. The topological polar surface area (TPSA) is 87.0 Å². The van der Waals surface area contributed by atoms with Gasteiger partial charge < -0.3 is 19.6 Å². The van der Waals surface area contributed by atoms with Crippen LogP contribution in [0.3, 0.4) is 0 Å². The van der Waals surface area contributed by atoms with E-state index in [4.69, 9.17) is 4.42 Å². The van der Waals surface area contributed by atoms with Crippen LogP contribution in [0.5, 0.6) is 0 Å². The lowest BCUT2D eigenvalue weighted by atomic mass is 9.93. The monoisotopic (exact) mass is 383 g/mol. The fraction of sp³-hybridized carbons (Fsp3) is 0.450. The third-order valence-electron chi connectivity index (χ3n) is 6.04. The molecule has 1 aliphatic heterocycles.